The van der Waals surface area contributed by atoms with Gasteiger partial charge in [-0.15, -0.1) is 0 Å². The van der Waals surface area contributed by atoms with Gasteiger partial charge in [0.15, 0.2) is 12.4 Å². The zero-order valence-electron chi connectivity index (χ0n) is 44.4. The van der Waals surface area contributed by atoms with Crippen LogP contribution in [0.3, 0.4) is 0 Å². The quantitative estimate of drug-likeness (QED) is 0.0196. The molecule has 8 atom stereocenters. The first-order valence-electron chi connectivity index (χ1n) is 28.8. The average Bonchev–Trinajstić information content (AvgIpc) is 3.34. The number of aliphatic hydroxyl groups excluding tert-OH is 5. The maximum atomic E-state index is 13.4. The van der Waals surface area contributed by atoms with E-state index in [0.717, 1.165) is 77.0 Å². The first kappa shape index (κ1) is 64.9. The van der Waals surface area contributed by atoms with Gasteiger partial charge in [-0.05, 0) is 77.0 Å². The van der Waals surface area contributed by atoms with Crippen LogP contribution >= 0.6 is 0 Å². The van der Waals surface area contributed by atoms with Crippen LogP contribution in [0.15, 0.2) is 36.5 Å². The summed E-state index contributed by atoms with van der Waals surface area (Å²) in [4.78, 5) is 26.4. The van der Waals surface area contributed by atoms with Crippen LogP contribution in [-0.4, -0.2) is 99.6 Å². The number of allylic oxidation sites excluding steroid dienone is 5. The Balaban J connectivity index is 2.73. The molecule has 0 radical (unpaired) electrons. The van der Waals surface area contributed by atoms with Gasteiger partial charge in [-0.2, -0.15) is 0 Å². The van der Waals surface area contributed by atoms with Crippen LogP contribution in [0.1, 0.15) is 258 Å². The maximum Gasteiger partial charge on any atom is 0.306 e. The summed E-state index contributed by atoms with van der Waals surface area (Å²) in [6.07, 6.45) is 43.3. The fraction of sp³-hybridized carbons (Fsp3) is 0.862. The molecule has 11 nitrogen and oxygen atoms in total. The monoisotopic (exact) mass is 978 g/mol. The smallest absolute Gasteiger partial charge is 0.306 e. The van der Waals surface area contributed by atoms with Gasteiger partial charge in [0.25, 0.3) is 0 Å². The summed E-state index contributed by atoms with van der Waals surface area (Å²) in [6.45, 7) is 5.75. The molecule has 1 saturated heterocycles. The van der Waals surface area contributed by atoms with Gasteiger partial charge in [-0.1, -0.05) is 211 Å². The number of aliphatic hydroxyl groups is 5. The van der Waals surface area contributed by atoms with Crippen molar-refractivity contribution in [3.8, 4) is 0 Å². The Bertz CT molecular complexity index is 1260. The van der Waals surface area contributed by atoms with Gasteiger partial charge < -0.3 is 45.1 Å². The number of hydrogen-bond acceptors (Lipinski definition) is 10. The van der Waals surface area contributed by atoms with Gasteiger partial charge in [0.2, 0.25) is 5.91 Å². The van der Waals surface area contributed by atoms with E-state index >= 15 is 0 Å². The van der Waals surface area contributed by atoms with E-state index in [-0.39, 0.29) is 19.4 Å². The third kappa shape index (κ3) is 35.6. The maximum absolute atomic E-state index is 13.4. The number of hydrogen-bond donors (Lipinski definition) is 6. The Labute approximate surface area is 422 Å². The largest absolute Gasteiger partial charge is 0.454 e. The summed E-state index contributed by atoms with van der Waals surface area (Å²) in [7, 11) is 0. The van der Waals surface area contributed by atoms with Gasteiger partial charge in [-0.3, -0.25) is 9.59 Å². The molecule has 0 bridgehead atoms. The highest BCUT2D eigenvalue weighted by Gasteiger charge is 2.47. The van der Waals surface area contributed by atoms with Crippen LogP contribution in [0.2, 0.25) is 0 Å². The van der Waals surface area contributed by atoms with Gasteiger partial charge in [0.05, 0.1) is 25.4 Å². The third-order valence-electron chi connectivity index (χ3n) is 13.5. The first-order valence-corrected chi connectivity index (χ1v) is 28.8. The fourth-order valence-corrected chi connectivity index (χ4v) is 8.88. The summed E-state index contributed by atoms with van der Waals surface area (Å²) >= 11 is 0. The minimum atomic E-state index is -1.62. The van der Waals surface area contributed by atoms with Crippen molar-refractivity contribution in [1.82, 2.24) is 5.32 Å². The number of nitrogens with one attached hydrogen (secondary N) is 1. The summed E-state index contributed by atoms with van der Waals surface area (Å²) < 4.78 is 17.5. The molecular weight excluding hydrogens is 871 g/mol. The summed E-state index contributed by atoms with van der Waals surface area (Å²) in [5, 5.41) is 56.7. The molecule has 6 N–H and O–H groups in total. The fourth-order valence-electron chi connectivity index (χ4n) is 8.88. The number of carbonyl (C=O) groups is 2. The first-order chi connectivity index (χ1) is 33.7. The topological polar surface area (TPSA) is 175 Å². The lowest BCUT2D eigenvalue weighted by Gasteiger charge is -2.41. The number of unbranched alkanes of at least 4 members (excludes halogenated alkanes) is 30. The number of rotatable bonds is 48. The van der Waals surface area contributed by atoms with Crippen LogP contribution in [0, 0.1) is 0 Å². The SMILES string of the molecule is CCCCCCCC/C=C\CCCCCC(=O)OC1C(OCC(NC(=O)C(O)CCCCCCCC/C=C/CCCCCCCC)C(O)/C=C/CCCCCCCCCCC)OC(CO)C(O)C1O. The Hall–Kier alpha value is -2.12. The summed E-state index contributed by atoms with van der Waals surface area (Å²) in [5.41, 5.74) is 0. The van der Waals surface area contributed by atoms with Crippen molar-refractivity contribution < 1.29 is 49.3 Å². The molecule has 1 aliphatic heterocycles. The summed E-state index contributed by atoms with van der Waals surface area (Å²) in [5.74, 6) is -1.21. The Kier molecular flexibility index (Phi) is 44.1. The average molecular weight is 978 g/mol. The van der Waals surface area contributed by atoms with Gasteiger partial charge in [0, 0.05) is 6.42 Å². The van der Waals surface area contributed by atoms with Crippen LogP contribution in [0.4, 0.5) is 0 Å². The molecule has 0 aliphatic carbocycles. The van der Waals surface area contributed by atoms with Crippen molar-refractivity contribution >= 4 is 11.9 Å². The highest BCUT2D eigenvalue weighted by atomic mass is 16.7. The zero-order chi connectivity index (χ0) is 50.4. The second kappa shape index (κ2) is 46.9. The van der Waals surface area contributed by atoms with E-state index in [2.05, 4.69) is 50.4 Å². The number of ether oxygens (including phenoxy) is 3. The van der Waals surface area contributed by atoms with Crippen molar-refractivity contribution in [3.63, 3.8) is 0 Å². The van der Waals surface area contributed by atoms with Gasteiger partial charge in [-0.25, -0.2) is 0 Å². The van der Waals surface area contributed by atoms with E-state index in [1.54, 1.807) is 6.08 Å². The second-order valence-corrected chi connectivity index (χ2v) is 20.0. The van der Waals surface area contributed by atoms with E-state index in [1.807, 2.05) is 6.08 Å². The molecule has 1 aliphatic rings. The van der Waals surface area contributed by atoms with Crippen LogP contribution < -0.4 is 5.32 Å². The van der Waals surface area contributed by atoms with Crippen LogP contribution in [-0.2, 0) is 23.8 Å². The molecule has 0 spiro atoms. The number of amides is 1. The highest BCUT2D eigenvalue weighted by molar-refractivity contribution is 5.80. The van der Waals surface area contributed by atoms with E-state index in [9.17, 15) is 35.1 Å². The molecule has 1 amide bonds. The Morgan fingerprint density at radius 1 is 0.551 bits per heavy atom. The lowest BCUT2D eigenvalue weighted by Crippen LogP contribution is -2.61. The number of carbonyl (C=O) groups excluding carboxylic acids is 2. The summed E-state index contributed by atoms with van der Waals surface area (Å²) in [6, 6.07) is -1.03. The molecule has 8 unspecified atom stereocenters. The van der Waals surface area contributed by atoms with E-state index in [0.29, 0.717) is 12.8 Å². The lowest BCUT2D eigenvalue weighted by atomic mass is 9.99. The predicted molar refractivity (Wildman–Crippen MR) is 283 cm³/mol. The van der Waals surface area contributed by atoms with E-state index < -0.39 is 67.4 Å². The van der Waals surface area contributed by atoms with Crippen molar-refractivity contribution in [3.05, 3.63) is 36.5 Å². The normalized spacial score (nSPS) is 20.0. The molecular formula is C58H107NO10. The minimum absolute atomic E-state index is 0.104. The molecule has 0 aromatic rings. The standard InChI is InChI=1S/C58H107NO10/c1-4-7-10-13-16-19-22-24-25-26-28-30-33-36-39-42-45-51(62)57(66)59-49(50(61)44-41-38-35-32-29-21-18-15-12-9-6-3)48-67-58-56(55(65)54(64)52(47-60)68-58)69-53(63)46-43-40-37-34-31-27-23-20-17-14-11-8-5-2/h24-25,27,31,41,44,49-52,54-56,58,60-62,64-65H,4-23,26,28-30,32-40,42-43,45-48H2,1-3H3,(H,59,66)/b25-24+,31-27-,44-41+. The zero-order valence-corrected chi connectivity index (χ0v) is 44.4. The predicted octanol–water partition coefficient (Wildman–Crippen LogP) is 12.7. The highest BCUT2D eigenvalue weighted by Crippen LogP contribution is 2.26. The lowest BCUT2D eigenvalue weighted by molar-refractivity contribution is -0.305. The van der Waals surface area contributed by atoms with Crippen molar-refractivity contribution in [2.45, 2.75) is 307 Å². The molecule has 11 heteroatoms. The van der Waals surface area contributed by atoms with E-state index in [4.69, 9.17) is 14.2 Å². The Morgan fingerprint density at radius 3 is 1.41 bits per heavy atom. The second-order valence-electron chi connectivity index (χ2n) is 20.0. The molecule has 69 heavy (non-hydrogen) atoms. The molecule has 1 rings (SSSR count). The van der Waals surface area contributed by atoms with Crippen LogP contribution in [0.25, 0.3) is 0 Å². The Morgan fingerprint density at radius 2 is 0.957 bits per heavy atom. The molecule has 0 aromatic carbocycles. The van der Waals surface area contributed by atoms with Gasteiger partial charge in [0.1, 0.15) is 24.4 Å². The molecule has 0 aromatic heterocycles. The van der Waals surface area contributed by atoms with Crippen molar-refractivity contribution in [1.29, 1.82) is 0 Å². The molecule has 1 fully saturated rings. The minimum Gasteiger partial charge on any atom is -0.454 e. The number of esters is 1. The van der Waals surface area contributed by atoms with Crippen molar-refractivity contribution in [2.75, 3.05) is 13.2 Å². The van der Waals surface area contributed by atoms with E-state index in [1.165, 1.54) is 135 Å². The third-order valence-corrected chi connectivity index (χ3v) is 13.5. The van der Waals surface area contributed by atoms with Crippen molar-refractivity contribution in [2.24, 2.45) is 0 Å². The molecule has 404 valence electrons. The molecule has 0 saturated carbocycles. The molecule has 1 heterocycles. The van der Waals surface area contributed by atoms with Crippen LogP contribution in [0.5, 0.6) is 0 Å². The van der Waals surface area contributed by atoms with Gasteiger partial charge >= 0.3 is 5.97 Å².